The van der Waals surface area contributed by atoms with Crippen LogP contribution in [0.2, 0.25) is 0 Å². The van der Waals surface area contributed by atoms with Gasteiger partial charge in [-0.2, -0.15) is 0 Å². The molecule has 0 aliphatic carbocycles. The Morgan fingerprint density at radius 3 is 2.61 bits per heavy atom. The van der Waals surface area contributed by atoms with E-state index in [2.05, 4.69) is 21.9 Å². The van der Waals surface area contributed by atoms with E-state index in [9.17, 15) is 10.2 Å². The topological polar surface area (TPSA) is 65.4 Å². The number of para-hydroxylation sites is 1. The molecule has 2 N–H and O–H groups in total. The average molecular weight is 386 g/mol. The summed E-state index contributed by atoms with van der Waals surface area (Å²) >= 11 is 0. The molecule has 0 aromatic heterocycles. The predicted molar refractivity (Wildman–Crippen MR) is 109 cm³/mol. The number of aliphatic hydroxyl groups excluding tert-OH is 1. The van der Waals surface area contributed by atoms with Gasteiger partial charge < -0.3 is 19.7 Å². The van der Waals surface area contributed by atoms with Crippen LogP contribution in [0.1, 0.15) is 17.5 Å². The first-order chi connectivity index (χ1) is 13.6. The normalized spacial score (nSPS) is 18.2. The maximum absolute atomic E-state index is 10.4. The van der Waals surface area contributed by atoms with Crippen molar-refractivity contribution in [3.05, 3.63) is 53.6 Å². The van der Waals surface area contributed by atoms with E-state index >= 15 is 0 Å². The Bertz CT molecular complexity index is 768. The van der Waals surface area contributed by atoms with E-state index < -0.39 is 0 Å². The number of ether oxygens (including phenoxy) is 2. The van der Waals surface area contributed by atoms with Crippen LogP contribution < -0.4 is 9.47 Å². The molecular weight excluding hydrogens is 356 g/mol. The third-order valence-corrected chi connectivity index (χ3v) is 5.37. The molecule has 2 aromatic carbocycles. The summed E-state index contributed by atoms with van der Waals surface area (Å²) in [5, 5.41) is 19.9. The average Bonchev–Trinajstić information content (AvgIpc) is 2.72. The quantitative estimate of drug-likeness (QED) is 0.727. The largest absolute Gasteiger partial charge is 0.504 e. The van der Waals surface area contributed by atoms with Gasteiger partial charge in [0.1, 0.15) is 5.75 Å². The summed E-state index contributed by atoms with van der Waals surface area (Å²) < 4.78 is 10.5. The molecule has 1 atom stereocenters. The third-order valence-electron chi connectivity index (χ3n) is 5.37. The minimum Gasteiger partial charge on any atom is -0.504 e. The number of piperazine rings is 1. The minimum atomic E-state index is 0.164. The van der Waals surface area contributed by atoms with Gasteiger partial charge in [0.15, 0.2) is 11.5 Å². The van der Waals surface area contributed by atoms with Gasteiger partial charge in [0.2, 0.25) is 0 Å². The van der Waals surface area contributed by atoms with Gasteiger partial charge in [0, 0.05) is 50.9 Å². The molecule has 6 nitrogen and oxygen atoms in total. The third kappa shape index (κ3) is 4.95. The van der Waals surface area contributed by atoms with Crippen molar-refractivity contribution in [2.24, 2.45) is 0 Å². The second-order valence-corrected chi connectivity index (χ2v) is 7.19. The number of hydrogen-bond donors (Lipinski definition) is 2. The van der Waals surface area contributed by atoms with E-state index in [0.717, 1.165) is 43.9 Å². The lowest BCUT2D eigenvalue weighted by Crippen LogP contribution is -2.52. The Labute approximate surface area is 166 Å². The van der Waals surface area contributed by atoms with E-state index in [-0.39, 0.29) is 18.4 Å². The van der Waals surface area contributed by atoms with Gasteiger partial charge >= 0.3 is 0 Å². The van der Waals surface area contributed by atoms with Gasteiger partial charge in [-0.05, 0) is 30.2 Å². The first-order valence-corrected chi connectivity index (χ1v) is 9.69. The monoisotopic (exact) mass is 386 g/mol. The van der Waals surface area contributed by atoms with Crippen molar-refractivity contribution in [3.8, 4) is 17.2 Å². The van der Waals surface area contributed by atoms with Crippen molar-refractivity contribution < 1.29 is 19.7 Å². The second-order valence-electron chi connectivity index (χ2n) is 7.19. The van der Waals surface area contributed by atoms with Crippen molar-refractivity contribution in [2.75, 3.05) is 40.5 Å². The van der Waals surface area contributed by atoms with Gasteiger partial charge in [-0.15, -0.1) is 0 Å². The number of phenols is 1. The Hall–Kier alpha value is -2.28. The number of methoxy groups -OCH3 is 2. The van der Waals surface area contributed by atoms with E-state index in [4.69, 9.17) is 9.47 Å². The predicted octanol–water partition coefficient (Wildman–Crippen LogP) is 2.48. The first-order valence-electron chi connectivity index (χ1n) is 9.69. The number of nitrogens with zero attached hydrogens (tertiary/aromatic N) is 2. The van der Waals surface area contributed by atoms with Crippen LogP contribution in [0, 0.1) is 0 Å². The molecule has 0 unspecified atom stereocenters. The zero-order valence-corrected chi connectivity index (χ0v) is 16.7. The van der Waals surface area contributed by atoms with Gasteiger partial charge in [0.25, 0.3) is 0 Å². The molecule has 0 spiro atoms. The lowest BCUT2D eigenvalue weighted by atomic mass is 10.1. The molecule has 0 radical (unpaired) electrons. The standard InChI is InChI=1S/C22H30N2O4/c1-27-20-7-3-5-17(13-20)14-24-11-10-23(16-19(24)9-12-25)15-18-6-4-8-21(28-2)22(18)26/h3-8,13,19,25-26H,9-12,14-16H2,1-2H3/t19-/m1/s1. The highest BCUT2D eigenvalue weighted by Crippen LogP contribution is 2.31. The van der Waals surface area contributed by atoms with Crippen LogP contribution in [-0.2, 0) is 13.1 Å². The molecule has 1 heterocycles. The summed E-state index contributed by atoms with van der Waals surface area (Å²) in [6.45, 7) is 4.33. The SMILES string of the molecule is COc1cccc(CN2CCN(Cc3cccc(OC)c3O)C[C@H]2CCO)c1. The molecule has 1 fully saturated rings. The minimum absolute atomic E-state index is 0.164. The van der Waals surface area contributed by atoms with Crippen LogP contribution in [0.25, 0.3) is 0 Å². The smallest absolute Gasteiger partial charge is 0.162 e. The van der Waals surface area contributed by atoms with Crippen LogP contribution in [0.3, 0.4) is 0 Å². The maximum Gasteiger partial charge on any atom is 0.162 e. The molecule has 0 bridgehead atoms. The Morgan fingerprint density at radius 1 is 1.04 bits per heavy atom. The maximum atomic E-state index is 10.4. The summed E-state index contributed by atoms with van der Waals surface area (Å²) in [7, 11) is 3.24. The van der Waals surface area contributed by atoms with E-state index in [1.165, 1.54) is 5.56 Å². The van der Waals surface area contributed by atoms with Crippen LogP contribution in [0.5, 0.6) is 17.2 Å². The van der Waals surface area contributed by atoms with Crippen molar-refractivity contribution in [3.63, 3.8) is 0 Å². The molecule has 2 aromatic rings. The van der Waals surface area contributed by atoms with Gasteiger partial charge in [-0.1, -0.05) is 24.3 Å². The molecule has 1 aliphatic heterocycles. The van der Waals surface area contributed by atoms with Crippen LogP contribution in [-0.4, -0.2) is 66.5 Å². The molecule has 152 valence electrons. The lowest BCUT2D eigenvalue weighted by Gasteiger charge is -2.41. The van der Waals surface area contributed by atoms with Crippen molar-refractivity contribution in [1.82, 2.24) is 9.80 Å². The van der Waals surface area contributed by atoms with Crippen LogP contribution in [0.4, 0.5) is 0 Å². The summed E-state index contributed by atoms with van der Waals surface area (Å²) in [5.74, 6) is 1.58. The van der Waals surface area contributed by atoms with E-state index in [1.54, 1.807) is 20.3 Å². The van der Waals surface area contributed by atoms with Crippen molar-refractivity contribution in [2.45, 2.75) is 25.6 Å². The van der Waals surface area contributed by atoms with Crippen molar-refractivity contribution >= 4 is 0 Å². The molecular formula is C22H30N2O4. The van der Waals surface area contributed by atoms with Crippen molar-refractivity contribution in [1.29, 1.82) is 0 Å². The fourth-order valence-electron chi connectivity index (χ4n) is 3.84. The number of aliphatic hydroxyl groups is 1. The van der Waals surface area contributed by atoms with Gasteiger partial charge in [-0.3, -0.25) is 9.80 Å². The number of benzene rings is 2. The Balaban J connectivity index is 1.66. The fourth-order valence-corrected chi connectivity index (χ4v) is 3.84. The second kappa shape index (κ2) is 9.78. The molecule has 1 aliphatic rings. The molecule has 0 saturated carbocycles. The van der Waals surface area contributed by atoms with Gasteiger partial charge in [0.05, 0.1) is 14.2 Å². The Kier molecular flexibility index (Phi) is 7.14. The number of phenolic OH excluding ortho intramolecular Hbond substituents is 1. The zero-order valence-electron chi connectivity index (χ0n) is 16.7. The Morgan fingerprint density at radius 2 is 1.86 bits per heavy atom. The molecule has 0 amide bonds. The van der Waals surface area contributed by atoms with E-state index in [1.807, 2.05) is 24.3 Å². The van der Waals surface area contributed by atoms with Crippen LogP contribution >= 0.6 is 0 Å². The highest BCUT2D eigenvalue weighted by atomic mass is 16.5. The lowest BCUT2D eigenvalue weighted by molar-refractivity contribution is 0.0495. The molecule has 1 saturated heterocycles. The summed E-state index contributed by atoms with van der Waals surface area (Å²) in [6.07, 6.45) is 0.727. The number of rotatable bonds is 8. The molecule has 28 heavy (non-hydrogen) atoms. The molecule has 3 rings (SSSR count). The summed E-state index contributed by atoms with van der Waals surface area (Å²) in [5.41, 5.74) is 2.07. The zero-order chi connectivity index (χ0) is 19.9. The summed E-state index contributed by atoms with van der Waals surface area (Å²) in [6, 6.07) is 14.0. The highest BCUT2D eigenvalue weighted by Gasteiger charge is 2.27. The number of hydrogen-bond acceptors (Lipinski definition) is 6. The molecule has 6 heteroatoms. The van der Waals surface area contributed by atoms with Gasteiger partial charge in [-0.25, -0.2) is 0 Å². The van der Waals surface area contributed by atoms with Crippen LogP contribution in [0.15, 0.2) is 42.5 Å². The van der Waals surface area contributed by atoms with E-state index in [0.29, 0.717) is 12.3 Å². The first kappa shape index (κ1) is 20.5. The highest BCUT2D eigenvalue weighted by molar-refractivity contribution is 5.45. The fraction of sp³-hybridized carbons (Fsp3) is 0.455. The summed E-state index contributed by atoms with van der Waals surface area (Å²) in [4.78, 5) is 4.75. The number of aromatic hydroxyl groups is 1.